The average Bonchev–Trinajstić information content (AvgIpc) is 2.10. The van der Waals surface area contributed by atoms with E-state index in [9.17, 15) is 4.79 Å². The van der Waals surface area contributed by atoms with Gasteiger partial charge >= 0.3 is 0 Å². The Bertz CT molecular complexity index is 373. The fourth-order valence-corrected chi connectivity index (χ4v) is 2.26. The molecule has 0 aliphatic heterocycles. The van der Waals surface area contributed by atoms with Gasteiger partial charge in [0.2, 0.25) is 0 Å². The minimum atomic E-state index is -0.136. The summed E-state index contributed by atoms with van der Waals surface area (Å²) in [6.45, 7) is 0. The summed E-state index contributed by atoms with van der Waals surface area (Å²) >= 11 is 12.8. The van der Waals surface area contributed by atoms with Crippen LogP contribution >= 0.6 is 35.0 Å². The zero-order valence-electron chi connectivity index (χ0n) is 8.25. The molecule has 0 heterocycles. The first-order chi connectivity index (χ1) is 6.91. The van der Waals surface area contributed by atoms with E-state index in [1.807, 2.05) is 0 Å². The van der Waals surface area contributed by atoms with Gasteiger partial charge < -0.3 is 10.6 Å². The molecule has 0 radical (unpaired) electrons. The van der Waals surface area contributed by atoms with Gasteiger partial charge in [0, 0.05) is 19.8 Å². The second kappa shape index (κ2) is 4.96. The number of hydrogen-bond acceptors (Lipinski definition) is 3. The van der Waals surface area contributed by atoms with Crippen molar-refractivity contribution < 1.29 is 4.79 Å². The molecule has 1 aromatic rings. The van der Waals surface area contributed by atoms with Gasteiger partial charge in [0.05, 0.1) is 14.9 Å². The molecule has 1 amide bonds. The fraction of sp³-hybridized carbons (Fsp3) is 0.222. The average molecular weight is 265 g/mol. The van der Waals surface area contributed by atoms with E-state index in [0.717, 1.165) is 11.8 Å². The SMILES string of the molecule is CN(C)C(=O)Sc1c(Cl)cc(N)cc1Cl. The number of thioether (sulfide) groups is 1. The van der Waals surface area contributed by atoms with Crippen molar-refractivity contribution in [1.82, 2.24) is 4.90 Å². The summed E-state index contributed by atoms with van der Waals surface area (Å²) in [6.07, 6.45) is 0. The van der Waals surface area contributed by atoms with Gasteiger partial charge in [-0.25, -0.2) is 0 Å². The lowest BCUT2D eigenvalue weighted by Gasteiger charge is -2.11. The topological polar surface area (TPSA) is 46.3 Å². The first kappa shape index (κ1) is 12.5. The Kier molecular flexibility index (Phi) is 4.13. The molecular formula is C9H10Cl2N2OS. The first-order valence-electron chi connectivity index (χ1n) is 4.05. The second-order valence-electron chi connectivity index (χ2n) is 3.08. The third kappa shape index (κ3) is 3.19. The molecule has 3 nitrogen and oxygen atoms in total. The normalized spacial score (nSPS) is 10.1. The highest BCUT2D eigenvalue weighted by Gasteiger charge is 2.14. The molecule has 0 bridgehead atoms. The number of halogens is 2. The minimum absolute atomic E-state index is 0.136. The summed E-state index contributed by atoms with van der Waals surface area (Å²) in [7, 11) is 3.32. The quantitative estimate of drug-likeness (QED) is 0.625. The van der Waals surface area contributed by atoms with Crippen LogP contribution in [0.15, 0.2) is 17.0 Å². The minimum Gasteiger partial charge on any atom is -0.399 e. The Balaban J connectivity index is 3.00. The molecule has 0 aliphatic carbocycles. The first-order valence-corrected chi connectivity index (χ1v) is 5.62. The van der Waals surface area contributed by atoms with Crippen LogP contribution in [0.25, 0.3) is 0 Å². The number of carbonyl (C=O) groups is 1. The van der Waals surface area contributed by atoms with Crippen LogP contribution in [0.2, 0.25) is 10.0 Å². The fourth-order valence-electron chi connectivity index (χ4n) is 0.856. The molecule has 0 unspecified atom stereocenters. The van der Waals surface area contributed by atoms with Crippen LogP contribution in [0, 0.1) is 0 Å². The maximum atomic E-state index is 11.4. The Morgan fingerprint density at radius 1 is 1.33 bits per heavy atom. The number of rotatable bonds is 1. The number of nitrogen functional groups attached to an aromatic ring is 1. The summed E-state index contributed by atoms with van der Waals surface area (Å²) < 4.78 is 0. The third-order valence-corrected chi connectivity index (χ3v) is 3.58. The third-order valence-electron chi connectivity index (χ3n) is 1.58. The lowest BCUT2D eigenvalue weighted by atomic mass is 10.3. The summed E-state index contributed by atoms with van der Waals surface area (Å²) in [5, 5.41) is 0.643. The maximum Gasteiger partial charge on any atom is 0.286 e. The molecular weight excluding hydrogens is 255 g/mol. The molecule has 0 atom stereocenters. The van der Waals surface area contributed by atoms with Crippen molar-refractivity contribution in [2.45, 2.75) is 4.90 Å². The Labute approximate surface area is 103 Å². The number of benzene rings is 1. The molecule has 0 spiro atoms. The van der Waals surface area contributed by atoms with Crippen molar-refractivity contribution >= 4 is 45.9 Å². The Morgan fingerprint density at radius 3 is 2.20 bits per heavy atom. The number of nitrogens with zero attached hydrogens (tertiary/aromatic N) is 1. The zero-order chi connectivity index (χ0) is 11.6. The van der Waals surface area contributed by atoms with Gasteiger partial charge in [0.1, 0.15) is 0 Å². The summed E-state index contributed by atoms with van der Waals surface area (Å²) in [6, 6.07) is 3.14. The highest BCUT2D eigenvalue weighted by atomic mass is 35.5. The molecule has 0 aliphatic rings. The standard InChI is InChI=1S/C9H10Cl2N2OS/c1-13(2)9(14)15-8-6(10)3-5(12)4-7(8)11/h3-4H,12H2,1-2H3. The van der Waals surface area contributed by atoms with E-state index in [2.05, 4.69) is 0 Å². The molecule has 6 heteroatoms. The van der Waals surface area contributed by atoms with Gasteiger partial charge in [0.15, 0.2) is 0 Å². The molecule has 1 aromatic carbocycles. The largest absolute Gasteiger partial charge is 0.399 e. The summed E-state index contributed by atoms with van der Waals surface area (Å²) in [5.41, 5.74) is 6.02. The van der Waals surface area contributed by atoms with Crippen LogP contribution < -0.4 is 5.73 Å². The van der Waals surface area contributed by atoms with Gasteiger partial charge in [-0.2, -0.15) is 0 Å². The zero-order valence-corrected chi connectivity index (χ0v) is 10.6. The molecule has 0 saturated carbocycles. The monoisotopic (exact) mass is 264 g/mol. The van der Waals surface area contributed by atoms with E-state index in [0.29, 0.717) is 20.6 Å². The van der Waals surface area contributed by atoms with Crippen molar-refractivity contribution in [2.24, 2.45) is 0 Å². The van der Waals surface area contributed by atoms with Crippen molar-refractivity contribution in [3.63, 3.8) is 0 Å². The van der Waals surface area contributed by atoms with Gasteiger partial charge in [-0.05, 0) is 23.9 Å². The summed E-state index contributed by atoms with van der Waals surface area (Å²) in [5.74, 6) is 0. The Hall–Kier alpha value is -0.580. The van der Waals surface area contributed by atoms with Crippen LogP contribution in [0.5, 0.6) is 0 Å². The number of anilines is 1. The lowest BCUT2D eigenvalue weighted by molar-refractivity contribution is 0.241. The van der Waals surface area contributed by atoms with Crippen molar-refractivity contribution in [2.75, 3.05) is 19.8 Å². The molecule has 15 heavy (non-hydrogen) atoms. The highest BCUT2D eigenvalue weighted by molar-refractivity contribution is 8.13. The van der Waals surface area contributed by atoms with Crippen LogP contribution in [-0.4, -0.2) is 24.2 Å². The van der Waals surface area contributed by atoms with Gasteiger partial charge in [-0.15, -0.1) is 0 Å². The van der Waals surface area contributed by atoms with Crippen molar-refractivity contribution in [3.8, 4) is 0 Å². The van der Waals surface area contributed by atoms with Crippen LogP contribution in [0.4, 0.5) is 10.5 Å². The summed E-state index contributed by atoms with van der Waals surface area (Å²) in [4.78, 5) is 13.4. The molecule has 1 rings (SSSR count). The van der Waals surface area contributed by atoms with Gasteiger partial charge in [0.25, 0.3) is 5.24 Å². The molecule has 0 saturated heterocycles. The number of hydrogen-bond donors (Lipinski definition) is 1. The van der Waals surface area contributed by atoms with E-state index >= 15 is 0 Å². The van der Waals surface area contributed by atoms with E-state index in [4.69, 9.17) is 28.9 Å². The van der Waals surface area contributed by atoms with Crippen molar-refractivity contribution in [3.05, 3.63) is 22.2 Å². The van der Waals surface area contributed by atoms with Crippen molar-refractivity contribution in [1.29, 1.82) is 0 Å². The van der Waals surface area contributed by atoms with Crippen LogP contribution in [0.3, 0.4) is 0 Å². The molecule has 0 aromatic heterocycles. The lowest BCUT2D eigenvalue weighted by Crippen LogP contribution is -2.16. The second-order valence-corrected chi connectivity index (χ2v) is 4.85. The molecule has 0 fully saturated rings. The van der Waals surface area contributed by atoms with E-state index in [1.165, 1.54) is 4.90 Å². The van der Waals surface area contributed by atoms with E-state index < -0.39 is 0 Å². The van der Waals surface area contributed by atoms with Crippen LogP contribution in [-0.2, 0) is 0 Å². The van der Waals surface area contributed by atoms with E-state index in [1.54, 1.807) is 26.2 Å². The number of nitrogens with two attached hydrogens (primary N) is 1. The highest BCUT2D eigenvalue weighted by Crippen LogP contribution is 2.36. The van der Waals surface area contributed by atoms with Gasteiger partial charge in [-0.1, -0.05) is 23.2 Å². The Morgan fingerprint density at radius 2 is 1.80 bits per heavy atom. The van der Waals surface area contributed by atoms with Gasteiger partial charge in [-0.3, -0.25) is 4.79 Å². The number of amides is 1. The molecule has 2 N–H and O–H groups in total. The molecule has 82 valence electrons. The maximum absolute atomic E-state index is 11.4. The number of carbonyl (C=O) groups excluding carboxylic acids is 1. The predicted octanol–water partition coefficient (Wildman–Crippen LogP) is 3.35. The van der Waals surface area contributed by atoms with Crippen LogP contribution in [0.1, 0.15) is 0 Å². The van der Waals surface area contributed by atoms with E-state index in [-0.39, 0.29) is 5.24 Å². The predicted molar refractivity (Wildman–Crippen MR) is 65.8 cm³/mol. The smallest absolute Gasteiger partial charge is 0.286 e.